The van der Waals surface area contributed by atoms with Crippen LogP contribution in [0.25, 0.3) is 5.95 Å². The van der Waals surface area contributed by atoms with Crippen LogP contribution in [0.5, 0.6) is 0 Å². The molecule has 0 unspecified atom stereocenters. The summed E-state index contributed by atoms with van der Waals surface area (Å²) in [6.45, 7) is 4.32. The van der Waals surface area contributed by atoms with Crippen LogP contribution >= 0.6 is 0 Å². The van der Waals surface area contributed by atoms with Gasteiger partial charge >= 0.3 is 0 Å². The number of amides is 1. The Labute approximate surface area is 146 Å². The molecule has 0 fully saturated rings. The topological polar surface area (TPSA) is 84.5 Å². The fourth-order valence-corrected chi connectivity index (χ4v) is 2.85. The van der Waals surface area contributed by atoms with E-state index in [9.17, 15) is 4.79 Å². The molecule has 128 valence electrons. The number of hydrogen-bond acceptors (Lipinski definition) is 5. The molecule has 3 heterocycles. The van der Waals surface area contributed by atoms with Gasteiger partial charge in [0.05, 0.1) is 5.56 Å². The number of aromatic nitrogens is 3. The Morgan fingerprint density at radius 2 is 2.00 bits per heavy atom. The molecule has 0 radical (unpaired) electrons. The van der Waals surface area contributed by atoms with Gasteiger partial charge in [-0.2, -0.15) is 10.2 Å². The van der Waals surface area contributed by atoms with Crippen LogP contribution in [0, 0.1) is 26.2 Å². The number of carbonyl (C=O) groups is 1. The molecule has 0 atom stereocenters. The third-order valence-electron chi connectivity index (χ3n) is 4.29. The Morgan fingerprint density at radius 1 is 1.28 bits per heavy atom. The van der Waals surface area contributed by atoms with Crippen LogP contribution in [-0.4, -0.2) is 32.6 Å². The van der Waals surface area contributed by atoms with Gasteiger partial charge in [-0.15, -0.1) is 12.3 Å². The molecule has 0 saturated carbocycles. The van der Waals surface area contributed by atoms with E-state index in [1.54, 1.807) is 18.5 Å². The van der Waals surface area contributed by atoms with Crippen molar-refractivity contribution in [2.75, 3.05) is 6.54 Å². The van der Waals surface area contributed by atoms with Gasteiger partial charge in [0.1, 0.15) is 0 Å². The summed E-state index contributed by atoms with van der Waals surface area (Å²) in [6, 6.07) is 3.61. The van der Waals surface area contributed by atoms with Crippen LogP contribution in [-0.2, 0) is 0 Å². The van der Waals surface area contributed by atoms with Gasteiger partial charge in [-0.25, -0.2) is 9.97 Å². The van der Waals surface area contributed by atoms with Gasteiger partial charge in [0.25, 0.3) is 5.91 Å². The molecule has 7 heteroatoms. The summed E-state index contributed by atoms with van der Waals surface area (Å²) >= 11 is 0. The molecular formula is C18H20N6O. The Bertz CT molecular complexity index is 840. The molecule has 7 nitrogen and oxygen atoms in total. The molecule has 1 aliphatic heterocycles. The molecule has 0 aliphatic carbocycles. The second-order valence-electron chi connectivity index (χ2n) is 6.06. The van der Waals surface area contributed by atoms with Gasteiger partial charge in [0.2, 0.25) is 5.95 Å². The van der Waals surface area contributed by atoms with Crippen molar-refractivity contribution in [3.8, 4) is 18.3 Å². The lowest BCUT2D eigenvalue weighted by Gasteiger charge is -2.10. The van der Waals surface area contributed by atoms with Crippen LogP contribution < -0.4 is 5.32 Å². The highest BCUT2D eigenvalue weighted by Gasteiger charge is 2.38. The van der Waals surface area contributed by atoms with Crippen LogP contribution in [0.15, 0.2) is 34.8 Å². The van der Waals surface area contributed by atoms with Crippen molar-refractivity contribution in [3.05, 3.63) is 41.5 Å². The largest absolute Gasteiger partial charge is 0.352 e. The molecule has 2 aromatic heterocycles. The second-order valence-corrected chi connectivity index (χ2v) is 6.06. The van der Waals surface area contributed by atoms with E-state index in [2.05, 4.69) is 31.4 Å². The predicted molar refractivity (Wildman–Crippen MR) is 93.4 cm³/mol. The third kappa shape index (κ3) is 3.58. The normalized spacial score (nSPS) is 14.1. The van der Waals surface area contributed by atoms with Crippen molar-refractivity contribution in [2.45, 2.75) is 38.8 Å². The monoisotopic (exact) mass is 336 g/mol. The number of aryl methyl sites for hydroxylation is 1. The van der Waals surface area contributed by atoms with E-state index in [1.165, 1.54) is 0 Å². The zero-order chi connectivity index (χ0) is 17.9. The Kier molecular flexibility index (Phi) is 4.61. The van der Waals surface area contributed by atoms with Gasteiger partial charge in [-0.3, -0.25) is 9.36 Å². The van der Waals surface area contributed by atoms with Crippen molar-refractivity contribution in [3.63, 3.8) is 0 Å². The van der Waals surface area contributed by atoms with Gasteiger partial charge in [0.15, 0.2) is 5.66 Å². The average molecular weight is 336 g/mol. The maximum absolute atomic E-state index is 12.5. The van der Waals surface area contributed by atoms with Crippen LogP contribution in [0.2, 0.25) is 0 Å². The summed E-state index contributed by atoms with van der Waals surface area (Å²) in [4.78, 5) is 21.0. The molecule has 1 amide bonds. The first-order valence-corrected chi connectivity index (χ1v) is 8.18. The van der Waals surface area contributed by atoms with Gasteiger partial charge < -0.3 is 5.32 Å². The number of rotatable bonds is 7. The van der Waals surface area contributed by atoms with Crippen molar-refractivity contribution in [1.29, 1.82) is 0 Å². The molecule has 0 spiro atoms. The Morgan fingerprint density at radius 3 is 2.64 bits per heavy atom. The summed E-state index contributed by atoms with van der Waals surface area (Å²) in [5.41, 5.74) is 1.96. The summed E-state index contributed by atoms with van der Waals surface area (Å²) < 4.78 is 1.87. The molecule has 1 N–H and O–H groups in total. The number of nitrogens with zero attached hydrogens (tertiary/aromatic N) is 5. The fraction of sp³-hybridized carbons (Fsp3) is 0.389. The maximum atomic E-state index is 12.5. The third-order valence-corrected chi connectivity index (χ3v) is 4.29. The molecule has 0 saturated heterocycles. The van der Waals surface area contributed by atoms with Crippen LogP contribution in [0.3, 0.4) is 0 Å². The maximum Gasteiger partial charge on any atom is 0.253 e. The lowest BCUT2D eigenvalue weighted by atomic mass is 10.0. The van der Waals surface area contributed by atoms with Crippen molar-refractivity contribution >= 4 is 5.91 Å². The minimum Gasteiger partial charge on any atom is -0.352 e. The highest BCUT2D eigenvalue weighted by atomic mass is 16.1. The van der Waals surface area contributed by atoms with E-state index in [0.717, 1.165) is 17.8 Å². The van der Waals surface area contributed by atoms with Gasteiger partial charge in [-0.1, -0.05) is 0 Å². The SMILES string of the molecule is C#CCCC1(CCNC(=O)c2cc(C)n(-c3ncccn3)c2C)N=N1. The molecule has 25 heavy (non-hydrogen) atoms. The first-order valence-electron chi connectivity index (χ1n) is 8.18. The quantitative estimate of drug-likeness (QED) is 0.789. The number of carbonyl (C=O) groups excluding carboxylic acids is 1. The molecular weight excluding hydrogens is 316 g/mol. The summed E-state index contributed by atoms with van der Waals surface area (Å²) in [6.07, 6.45) is 10.7. The molecule has 0 bridgehead atoms. The zero-order valence-corrected chi connectivity index (χ0v) is 14.4. The summed E-state index contributed by atoms with van der Waals surface area (Å²) in [7, 11) is 0. The van der Waals surface area contributed by atoms with E-state index >= 15 is 0 Å². The lowest BCUT2D eigenvalue weighted by molar-refractivity contribution is 0.0951. The van der Waals surface area contributed by atoms with Crippen molar-refractivity contribution < 1.29 is 4.79 Å². The number of hydrogen-bond donors (Lipinski definition) is 1. The van der Waals surface area contributed by atoms with Crippen molar-refractivity contribution in [1.82, 2.24) is 19.9 Å². The van der Waals surface area contributed by atoms with Crippen molar-refractivity contribution in [2.24, 2.45) is 10.2 Å². The molecule has 2 aromatic rings. The molecule has 3 rings (SSSR count). The first-order chi connectivity index (χ1) is 12.1. The predicted octanol–water partition coefficient (Wildman–Crippen LogP) is 2.58. The van der Waals surface area contributed by atoms with E-state index in [4.69, 9.17) is 6.42 Å². The highest BCUT2D eigenvalue weighted by Crippen LogP contribution is 2.36. The zero-order valence-electron chi connectivity index (χ0n) is 14.4. The summed E-state index contributed by atoms with van der Waals surface area (Å²) in [5.74, 6) is 3.03. The number of terminal acetylenes is 1. The summed E-state index contributed by atoms with van der Waals surface area (Å²) in [5, 5.41) is 11.1. The second kappa shape index (κ2) is 6.85. The molecule has 1 aliphatic rings. The van der Waals surface area contributed by atoms with Crippen LogP contribution in [0.1, 0.15) is 41.0 Å². The van der Waals surface area contributed by atoms with Crippen LogP contribution in [0.4, 0.5) is 0 Å². The van der Waals surface area contributed by atoms with Gasteiger partial charge in [0, 0.05) is 49.6 Å². The lowest BCUT2D eigenvalue weighted by Crippen LogP contribution is -2.28. The molecule has 0 aromatic carbocycles. The smallest absolute Gasteiger partial charge is 0.253 e. The van der Waals surface area contributed by atoms with E-state index < -0.39 is 0 Å². The minimum absolute atomic E-state index is 0.122. The van der Waals surface area contributed by atoms with Gasteiger partial charge in [-0.05, 0) is 26.0 Å². The number of nitrogens with one attached hydrogen (secondary N) is 1. The van der Waals surface area contributed by atoms with E-state index in [1.807, 2.05) is 24.5 Å². The standard InChI is InChI=1S/C18H20N6O/c1-4-5-7-18(22-23-18)8-11-19-16(25)15-12-13(2)24(14(15)3)17-20-9-6-10-21-17/h1,6,9-10,12H,5,7-8,11H2,2-3H3,(H,19,25). The highest BCUT2D eigenvalue weighted by molar-refractivity contribution is 5.95. The average Bonchev–Trinajstić information content (AvgIpc) is 3.32. The van der Waals surface area contributed by atoms with E-state index in [-0.39, 0.29) is 11.6 Å². The Balaban J connectivity index is 1.65. The fourth-order valence-electron chi connectivity index (χ4n) is 2.85. The Hall–Kier alpha value is -3.01. The minimum atomic E-state index is -0.381. The van der Waals surface area contributed by atoms with E-state index in [0.29, 0.717) is 30.9 Å². The first kappa shape index (κ1) is 16.8.